The molecule has 8 heteroatoms. The van der Waals surface area contributed by atoms with Gasteiger partial charge in [-0.15, -0.1) is 0 Å². The van der Waals surface area contributed by atoms with E-state index in [0.29, 0.717) is 22.6 Å². The summed E-state index contributed by atoms with van der Waals surface area (Å²) in [6.45, 7) is -0.248. The zero-order chi connectivity index (χ0) is 30.4. The predicted octanol–water partition coefficient (Wildman–Crippen LogP) is 5.58. The van der Waals surface area contributed by atoms with Crippen LogP contribution in [0.3, 0.4) is 0 Å². The summed E-state index contributed by atoms with van der Waals surface area (Å²) in [7, 11) is 1.55. The summed E-state index contributed by atoms with van der Waals surface area (Å²) >= 11 is 0. The van der Waals surface area contributed by atoms with E-state index in [1.165, 1.54) is 0 Å². The van der Waals surface area contributed by atoms with Crippen molar-refractivity contribution < 1.29 is 23.9 Å². The van der Waals surface area contributed by atoms with Crippen LogP contribution in [0.5, 0.6) is 11.5 Å². The van der Waals surface area contributed by atoms with E-state index in [0.717, 1.165) is 11.1 Å². The van der Waals surface area contributed by atoms with Crippen molar-refractivity contribution in [2.45, 2.75) is 17.5 Å². The minimum Gasteiger partial charge on any atom is -0.497 e. The van der Waals surface area contributed by atoms with Crippen molar-refractivity contribution in [3.8, 4) is 17.6 Å². The van der Waals surface area contributed by atoms with Gasteiger partial charge in [0.1, 0.15) is 29.0 Å². The Morgan fingerprint density at radius 2 is 1.66 bits per heavy atom. The molecule has 1 amide bonds. The van der Waals surface area contributed by atoms with Gasteiger partial charge in [-0.25, -0.2) is 0 Å². The number of nitrogens with zero attached hydrogens (tertiary/aromatic N) is 2. The van der Waals surface area contributed by atoms with Gasteiger partial charge in [0.25, 0.3) is 0 Å². The molecule has 8 nitrogen and oxygen atoms in total. The van der Waals surface area contributed by atoms with Gasteiger partial charge in [0.15, 0.2) is 18.2 Å². The van der Waals surface area contributed by atoms with Crippen LogP contribution in [0.15, 0.2) is 103 Å². The molecule has 1 spiro atoms. The number of ketones is 2. The summed E-state index contributed by atoms with van der Waals surface area (Å²) in [6, 6.07) is 28.8. The van der Waals surface area contributed by atoms with E-state index in [-0.39, 0.29) is 35.4 Å². The third-order valence-electron chi connectivity index (χ3n) is 8.94. The van der Waals surface area contributed by atoms with Gasteiger partial charge in [0.2, 0.25) is 5.91 Å². The average molecular weight is 582 g/mol. The summed E-state index contributed by atoms with van der Waals surface area (Å²) in [5, 5.41) is 12.2. The molecule has 1 N–H and O–H groups in total. The molecule has 3 heterocycles. The highest BCUT2D eigenvalue weighted by Gasteiger charge is 2.70. The Bertz CT molecular complexity index is 1890. The average Bonchev–Trinajstić information content (AvgIpc) is 3.55. The van der Waals surface area contributed by atoms with Gasteiger partial charge >= 0.3 is 0 Å². The molecule has 0 aliphatic carbocycles. The Hall–Kier alpha value is -5.68. The molecule has 1 saturated heterocycles. The molecular formula is C36H27N3O5. The Kier molecular flexibility index (Phi) is 6.51. The van der Waals surface area contributed by atoms with E-state index >= 15 is 0 Å². The van der Waals surface area contributed by atoms with E-state index < -0.39 is 23.4 Å². The number of ether oxygens (including phenoxy) is 2. The zero-order valence-corrected chi connectivity index (χ0v) is 23.8. The summed E-state index contributed by atoms with van der Waals surface area (Å²) < 4.78 is 11.0. The molecule has 7 rings (SSSR count). The molecule has 3 aliphatic heterocycles. The monoisotopic (exact) mass is 581 g/mol. The first-order valence-corrected chi connectivity index (χ1v) is 14.3. The van der Waals surface area contributed by atoms with E-state index in [1.807, 2.05) is 71.8 Å². The van der Waals surface area contributed by atoms with Crippen molar-refractivity contribution in [3.05, 3.63) is 131 Å². The maximum Gasteiger partial charge on any atom is 0.238 e. The van der Waals surface area contributed by atoms with Gasteiger partial charge in [-0.2, -0.15) is 5.26 Å². The standard InChI is InChI=1S/C36H27N3O5/c1-43-24-16-14-23(15-17-24)32(40)30-31(33(41)26-10-4-7-13-29(26)44-21-19-37)39-20-18-22-8-2-3-9-25(22)34(39)36(30)27-11-5-6-12-28(27)38-35(36)42/h2-18,20,30-31,34H,21H2,1H3,(H,38,42)/t30-,31+,34-,36+/m0/s1. The lowest BCUT2D eigenvalue weighted by Crippen LogP contribution is -2.49. The lowest BCUT2D eigenvalue weighted by molar-refractivity contribution is -0.122. The van der Waals surface area contributed by atoms with Crippen LogP contribution in [0.4, 0.5) is 5.69 Å². The van der Waals surface area contributed by atoms with Gasteiger partial charge < -0.3 is 19.7 Å². The molecule has 216 valence electrons. The molecule has 0 bridgehead atoms. The number of amides is 1. The quantitative estimate of drug-likeness (QED) is 0.284. The van der Waals surface area contributed by atoms with Gasteiger partial charge in [0, 0.05) is 17.5 Å². The number of hydrogen-bond acceptors (Lipinski definition) is 7. The third-order valence-corrected chi connectivity index (χ3v) is 8.94. The molecule has 4 aromatic carbocycles. The summed E-state index contributed by atoms with van der Waals surface area (Å²) in [5.41, 5.74) is 2.18. The Balaban J connectivity index is 1.51. The van der Waals surface area contributed by atoms with Gasteiger partial charge in [-0.05, 0) is 65.2 Å². The number of benzene rings is 4. The number of hydrogen-bond donors (Lipinski definition) is 1. The first-order chi connectivity index (χ1) is 21.5. The SMILES string of the molecule is COc1ccc(C(=O)[C@@H]2[C@H](C(=O)c3ccccc3OCC#N)N3C=Cc4ccccc4[C@H]3[C@]23C(=O)Nc2ccccc23)cc1. The maximum absolute atomic E-state index is 14.9. The molecule has 3 aliphatic rings. The van der Waals surface area contributed by atoms with Crippen LogP contribution in [-0.2, 0) is 10.2 Å². The number of Topliss-reactive ketones (excluding diaryl/α,β-unsaturated/α-hetero) is 2. The molecule has 0 radical (unpaired) electrons. The molecule has 0 unspecified atom stereocenters. The van der Waals surface area contributed by atoms with Crippen LogP contribution in [0.1, 0.15) is 43.4 Å². The lowest BCUT2D eigenvalue weighted by atomic mass is 9.62. The van der Waals surface area contributed by atoms with Gasteiger partial charge in [-0.1, -0.05) is 54.6 Å². The molecule has 0 saturated carbocycles. The number of carbonyl (C=O) groups excluding carboxylic acids is 3. The summed E-state index contributed by atoms with van der Waals surface area (Å²) in [6.07, 6.45) is 3.74. The Labute approximate surface area is 254 Å². The Morgan fingerprint density at radius 3 is 2.45 bits per heavy atom. The smallest absolute Gasteiger partial charge is 0.238 e. The van der Waals surface area contributed by atoms with Crippen LogP contribution >= 0.6 is 0 Å². The van der Waals surface area contributed by atoms with Crippen molar-refractivity contribution in [2.75, 3.05) is 19.0 Å². The van der Waals surface area contributed by atoms with E-state index in [4.69, 9.17) is 9.47 Å². The fourth-order valence-corrected chi connectivity index (χ4v) is 7.17. The van der Waals surface area contributed by atoms with Crippen molar-refractivity contribution in [2.24, 2.45) is 5.92 Å². The topological polar surface area (TPSA) is 109 Å². The van der Waals surface area contributed by atoms with Crippen LogP contribution in [0.2, 0.25) is 0 Å². The van der Waals surface area contributed by atoms with E-state index in [1.54, 1.807) is 55.6 Å². The van der Waals surface area contributed by atoms with Crippen molar-refractivity contribution in [1.29, 1.82) is 5.26 Å². The largest absolute Gasteiger partial charge is 0.497 e. The maximum atomic E-state index is 14.9. The second-order valence-electron chi connectivity index (χ2n) is 11.0. The molecule has 4 aromatic rings. The number of nitriles is 1. The molecule has 0 aromatic heterocycles. The molecular weight excluding hydrogens is 554 g/mol. The van der Waals surface area contributed by atoms with E-state index in [2.05, 4.69) is 5.32 Å². The fraction of sp³-hybridized carbons (Fsp3) is 0.167. The number of fused-ring (bicyclic) bond motifs is 6. The normalized spacial score (nSPS) is 22.4. The van der Waals surface area contributed by atoms with Crippen LogP contribution in [-0.4, -0.2) is 42.1 Å². The third kappa shape index (κ3) is 3.86. The number of nitrogens with one attached hydrogen (secondary N) is 1. The van der Waals surface area contributed by atoms with Crippen molar-refractivity contribution in [1.82, 2.24) is 4.90 Å². The van der Waals surface area contributed by atoms with Gasteiger partial charge in [0.05, 0.1) is 24.6 Å². The minimum atomic E-state index is -1.45. The highest BCUT2D eigenvalue weighted by Crippen LogP contribution is 2.62. The fourth-order valence-electron chi connectivity index (χ4n) is 7.17. The molecule has 1 fully saturated rings. The summed E-state index contributed by atoms with van der Waals surface area (Å²) in [5.74, 6) is -1.36. The summed E-state index contributed by atoms with van der Waals surface area (Å²) in [4.78, 5) is 46.2. The number of anilines is 1. The van der Waals surface area contributed by atoms with E-state index in [9.17, 15) is 19.6 Å². The van der Waals surface area contributed by atoms with Crippen LogP contribution in [0, 0.1) is 17.2 Å². The first-order valence-electron chi connectivity index (χ1n) is 14.3. The Morgan fingerprint density at radius 1 is 0.932 bits per heavy atom. The van der Waals surface area contributed by atoms with Crippen molar-refractivity contribution in [3.63, 3.8) is 0 Å². The number of para-hydroxylation sites is 2. The second-order valence-corrected chi connectivity index (χ2v) is 11.0. The van der Waals surface area contributed by atoms with Gasteiger partial charge in [-0.3, -0.25) is 14.4 Å². The number of rotatable bonds is 7. The van der Waals surface area contributed by atoms with Crippen LogP contribution < -0.4 is 14.8 Å². The highest BCUT2D eigenvalue weighted by molar-refractivity contribution is 6.17. The predicted molar refractivity (Wildman–Crippen MR) is 163 cm³/mol. The second kappa shape index (κ2) is 10.5. The highest BCUT2D eigenvalue weighted by atomic mass is 16.5. The number of methoxy groups -OCH3 is 1. The first kappa shape index (κ1) is 27.2. The number of carbonyl (C=O) groups is 3. The zero-order valence-electron chi connectivity index (χ0n) is 23.8. The van der Waals surface area contributed by atoms with Crippen LogP contribution in [0.25, 0.3) is 6.08 Å². The molecule has 44 heavy (non-hydrogen) atoms. The molecule has 4 atom stereocenters. The van der Waals surface area contributed by atoms with Crippen molar-refractivity contribution >= 4 is 29.2 Å². The lowest BCUT2D eigenvalue weighted by Gasteiger charge is -2.38. The minimum absolute atomic E-state index is 0.232.